The Bertz CT molecular complexity index is 733. The van der Waals surface area contributed by atoms with Gasteiger partial charge >= 0.3 is 0 Å². The van der Waals surface area contributed by atoms with Gasteiger partial charge in [0.25, 0.3) is 0 Å². The van der Waals surface area contributed by atoms with Crippen LogP contribution < -0.4 is 4.74 Å². The largest absolute Gasteiger partial charge is 0.494 e. The molecule has 0 aliphatic carbocycles. The molecule has 1 atom stereocenters. The fraction of sp³-hybridized carbons (Fsp3) is 0.176. The van der Waals surface area contributed by atoms with Crippen molar-refractivity contribution in [3.8, 4) is 5.75 Å². The number of rotatable bonds is 4. The number of ether oxygens (including phenoxy) is 1. The molecule has 108 valence electrons. The van der Waals surface area contributed by atoms with Crippen LogP contribution in [-0.4, -0.2) is 6.61 Å². The molecular weight excluding hydrogens is 412 g/mol. The minimum absolute atomic E-state index is 0.133. The number of halogens is 2. The van der Waals surface area contributed by atoms with Gasteiger partial charge in [-0.25, -0.2) is 0 Å². The van der Waals surface area contributed by atoms with E-state index in [1.807, 2.05) is 30.4 Å². The second-order valence-corrected chi connectivity index (χ2v) is 7.61. The van der Waals surface area contributed by atoms with Crippen LogP contribution in [0.1, 0.15) is 22.2 Å². The van der Waals surface area contributed by atoms with Crippen molar-refractivity contribution in [2.24, 2.45) is 0 Å². The highest BCUT2D eigenvalue weighted by Gasteiger charge is 2.18. The molecule has 4 heteroatoms. The van der Waals surface area contributed by atoms with Gasteiger partial charge in [-0.3, -0.25) is 0 Å². The Hall–Kier alpha value is -0.840. The summed E-state index contributed by atoms with van der Waals surface area (Å²) in [6.45, 7) is 2.68. The zero-order chi connectivity index (χ0) is 14.8. The zero-order valence-electron chi connectivity index (χ0n) is 11.5. The van der Waals surface area contributed by atoms with Crippen LogP contribution in [0.4, 0.5) is 0 Å². The summed E-state index contributed by atoms with van der Waals surface area (Å²) >= 11 is 9.20. The summed E-state index contributed by atoms with van der Waals surface area (Å²) < 4.78 is 8.13. The summed E-state index contributed by atoms with van der Waals surface area (Å²) in [5.74, 6) is 0.931. The molecule has 0 aliphatic rings. The highest BCUT2D eigenvalue weighted by molar-refractivity contribution is 9.10. The third-order valence-corrected chi connectivity index (χ3v) is 6.20. The minimum atomic E-state index is 0.133. The highest BCUT2D eigenvalue weighted by Crippen LogP contribution is 2.42. The molecule has 0 radical (unpaired) electrons. The second-order valence-electron chi connectivity index (χ2n) is 4.66. The standard InChI is InChI=1S/C17H14Br2OS/c1-2-20-14-8-7-12(18)10-13(14)17(19)16-9-11-5-3-4-6-15(11)21-16/h3-10,17H,2H2,1H3. The van der Waals surface area contributed by atoms with Crippen LogP contribution in [0, 0.1) is 0 Å². The Morgan fingerprint density at radius 3 is 2.71 bits per heavy atom. The van der Waals surface area contributed by atoms with Gasteiger partial charge in [-0.2, -0.15) is 0 Å². The maximum atomic E-state index is 5.76. The number of alkyl halides is 1. The van der Waals surface area contributed by atoms with Gasteiger partial charge in [0, 0.05) is 19.6 Å². The number of thiophene rings is 1. The van der Waals surface area contributed by atoms with Gasteiger partial charge in [0.1, 0.15) is 5.75 Å². The first-order chi connectivity index (χ1) is 10.2. The van der Waals surface area contributed by atoms with E-state index >= 15 is 0 Å². The SMILES string of the molecule is CCOc1ccc(Br)cc1C(Br)c1cc2ccccc2s1. The van der Waals surface area contributed by atoms with Crippen LogP contribution in [-0.2, 0) is 0 Å². The Kier molecular flexibility index (Phi) is 4.67. The number of hydrogen-bond acceptors (Lipinski definition) is 2. The molecule has 0 aliphatic heterocycles. The average molecular weight is 426 g/mol. The number of fused-ring (bicyclic) bond motifs is 1. The minimum Gasteiger partial charge on any atom is -0.494 e. The summed E-state index contributed by atoms with van der Waals surface area (Å²) in [5.41, 5.74) is 1.15. The van der Waals surface area contributed by atoms with Crippen molar-refractivity contribution >= 4 is 53.3 Å². The molecule has 0 N–H and O–H groups in total. The molecule has 21 heavy (non-hydrogen) atoms. The smallest absolute Gasteiger partial charge is 0.124 e. The Balaban J connectivity index is 2.04. The van der Waals surface area contributed by atoms with Gasteiger partial charge in [0.2, 0.25) is 0 Å². The zero-order valence-corrected chi connectivity index (χ0v) is 15.5. The van der Waals surface area contributed by atoms with Crippen molar-refractivity contribution in [3.63, 3.8) is 0 Å². The molecule has 1 nitrogen and oxygen atoms in total. The molecule has 1 unspecified atom stereocenters. The summed E-state index contributed by atoms with van der Waals surface area (Å²) in [7, 11) is 0. The first kappa shape index (κ1) is 15.1. The van der Waals surface area contributed by atoms with Gasteiger partial charge in [-0.1, -0.05) is 50.1 Å². The predicted octanol–water partition coefficient (Wildman–Crippen LogP) is 6.55. The molecule has 3 rings (SSSR count). The summed E-state index contributed by atoms with van der Waals surface area (Å²) in [6.07, 6.45) is 0. The van der Waals surface area contributed by atoms with E-state index in [0.29, 0.717) is 6.61 Å². The molecule has 3 aromatic rings. The molecule has 0 spiro atoms. The van der Waals surface area contributed by atoms with Gasteiger partial charge in [-0.05, 0) is 42.6 Å². The third kappa shape index (κ3) is 3.17. The first-order valence-corrected chi connectivity index (χ1v) is 9.26. The van der Waals surface area contributed by atoms with E-state index in [1.54, 1.807) is 0 Å². The molecule has 1 heterocycles. The Morgan fingerprint density at radius 2 is 1.95 bits per heavy atom. The molecule has 0 bridgehead atoms. The van der Waals surface area contributed by atoms with Crippen LogP contribution in [0.25, 0.3) is 10.1 Å². The van der Waals surface area contributed by atoms with E-state index < -0.39 is 0 Å². The van der Waals surface area contributed by atoms with Crippen molar-refractivity contribution in [1.82, 2.24) is 0 Å². The fourth-order valence-electron chi connectivity index (χ4n) is 2.28. The van der Waals surface area contributed by atoms with E-state index in [1.165, 1.54) is 15.0 Å². The predicted molar refractivity (Wildman–Crippen MR) is 97.9 cm³/mol. The van der Waals surface area contributed by atoms with E-state index in [0.717, 1.165) is 15.8 Å². The lowest BCUT2D eigenvalue weighted by atomic mass is 10.1. The summed E-state index contributed by atoms with van der Waals surface area (Å²) in [4.78, 5) is 1.42. The van der Waals surface area contributed by atoms with E-state index in [-0.39, 0.29) is 4.83 Å². The average Bonchev–Trinajstić information content (AvgIpc) is 2.92. The lowest BCUT2D eigenvalue weighted by molar-refractivity contribution is 0.337. The summed E-state index contributed by atoms with van der Waals surface area (Å²) in [6, 6.07) is 16.9. The second kappa shape index (κ2) is 6.51. The molecule has 0 saturated heterocycles. The monoisotopic (exact) mass is 424 g/mol. The van der Waals surface area contributed by atoms with Crippen molar-refractivity contribution < 1.29 is 4.74 Å². The van der Waals surface area contributed by atoms with Gasteiger partial charge < -0.3 is 4.74 Å². The van der Waals surface area contributed by atoms with Gasteiger partial charge in [-0.15, -0.1) is 11.3 Å². The third-order valence-electron chi connectivity index (χ3n) is 3.24. The maximum Gasteiger partial charge on any atom is 0.124 e. The Labute approximate surface area is 145 Å². The lowest BCUT2D eigenvalue weighted by Gasteiger charge is -2.14. The lowest BCUT2D eigenvalue weighted by Crippen LogP contribution is -1.99. The maximum absolute atomic E-state index is 5.76. The topological polar surface area (TPSA) is 9.23 Å². The molecular formula is C17H14Br2OS. The molecule has 0 fully saturated rings. The van der Waals surface area contributed by atoms with Crippen LogP contribution in [0.3, 0.4) is 0 Å². The van der Waals surface area contributed by atoms with Crippen LogP contribution in [0.5, 0.6) is 5.75 Å². The number of hydrogen-bond donors (Lipinski definition) is 0. The molecule has 0 amide bonds. The van der Waals surface area contributed by atoms with Gasteiger partial charge in [0.05, 0.1) is 11.4 Å². The fourth-order valence-corrected chi connectivity index (χ4v) is 4.50. The van der Waals surface area contributed by atoms with Crippen molar-refractivity contribution in [2.75, 3.05) is 6.61 Å². The van der Waals surface area contributed by atoms with Gasteiger partial charge in [0.15, 0.2) is 0 Å². The van der Waals surface area contributed by atoms with Crippen molar-refractivity contribution in [2.45, 2.75) is 11.8 Å². The molecule has 1 aromatic heterocycles. The Morgan fingerprint density at radius 1 is 1.14 bits per heavy atom. The highest BCUT2D eigenvalue weighted by atomic mass is 79.9. The van der Waals surface area contributed by atoms with E-state index in [9.17, 15) is 0 Å². The van der Waals surface area contributed by atoms with Crippen molar-refractivity contribution in [3.05, 3.63) is 63.4 Å². The van der Waals surface area contributed by atoms with Crippen LogP contribution in [0.2, 0.25) is 0 Å². The van der Waals surface area contributed by atoms with E-state index in [4.69, 9.17) is 4.74 Å². The first-order valence-electron chi connectivity index (χ1n) is 6.74. The normalized spacial score (nSPS) is 12.5. The van der Waals surface area contributed by atoms with Crippen LogP contribution >= 0.6 is 43.2 Å². The van der Waals surface area contributed by atoms with Crippen LogP contribution in [0.15, 0.2) is 53.0 Å². The molecule has 2 aromatic carbocycles. The van der Waals surface area contributed by atoms with Crippen molar-refractivity contribution in [1.29, 1.82) is 0 Å². The quantitative estimate of drug-likeness (QED) is 0.430. The summed E-state index contributed by atoms with van der Waals surface area (Å²) in [5, 5.41) is 1.29. The van der Waals surface area contributed by atoms with E-state index in [2.05, 4.69) is 68.3 Å². The number of benzene rings is 2. The molecule has 0 saturated carbocycles.